The molecule has 0 spiro atoms. The maximum Gasteiger partial charge on any atom is 0.302 e. The Hall–Kier alpha value is -2.23. The fraction of sp³-hybridized carbons (Fsp3) is 0.188. The fourth-order valence-corrected chi connectivity index (χ4v) is 1.35. The van der Waals surface area contributed by atoms with Gasteiger partial charge in [0, 0.05) is 12.5 Å². The third-order valence-electron chi connectivity index (χ3n) is 2.47. The van der Waals surface area contributed by atoms with Gasteiger partial charge < -0.3 is 4.74 Å². The number of hydrogen-bond acceptors (Lipinski definition) is 2. The molecule has 0 bridgehead atoms. The number of aryl methyl sites for hydroxylation is 1. The lowest BCUT2D eigenvalue weighted by molar-refractivity contribution is -0.142. The summed E-state index contributed by atoms with van der Waals surface area (Å²) in [5.41, 5.74) is 1.10. The van der Waals surface area contributed by atoms with Gasteiger partial charge in [0.05, 0.1) is 0 Å². The highest BCUT2D eigenvalue weighted by molar-refractivity contribution is 5.65. The highest BCUT2D eigenvalue weighted by Gasteiger charge is 2.01. The summed E-state index contributed by atoms with van der Waals surface area (Å²) in [7, 11) is 0. The van der Waals surface area contributed by atoms with Crippen LogP contribution in [0.1, 0.15) is 18.1 Å². The van der Waals surface area contributed by atoms with Gasteiger partial charge in [0.2, 0.25) is 0 Å². The molecular formula is C16H16F2O2. The maximum atomic E-state index is 12.8. The highest BCUT2D eigenvalue weighted by Crippen LogP contribution is 2.07. The molecule has 0 amide bonds. The Bertz CT molecular complexity index is 547. The van der Waals surface area contributed by atoms with Gasteiger partial charge >= 0.3 is 5.97 Å². The molecule has 4 heteroatoms. The first-order valence-electron chi connectivity index (χ1n) is 6.08. The van der Waals surface area contributed by atoms with Crippen molar-refractivity contribution in [3.05, 3.63) is 71.3 Å². The van der Waals surface area contributed by atoms with Gasteiger partial charge in [0.25, 0.3) is 0 Å². The number of hydrogen-bond donors (Lipinski definition) is 0. The molecule has 0 N–H and O–H groups in total. The smallest absolute Gasteiger partial charge is 0.302 e. The van der Waals surface area contributed by atoms with E-state index in [2.05, 4.69) is 4.74 Å². The summed E-state index contributed by atoms with van der Waals surface area (Å²) < 4.78 is 29.8. The molecule has 2 aromatic carbocycles. The predicted octanol–water partition coefficient (Wildman–Crippen LogP) is 4.02. The molecule has 0 aliphatic carbocycles. The molecule has 2 rings (SSSR count). The summed E-state index contributed by atoms with van der Waals surface area (Å²) >= 11 is 0. The van der Waals surface area contributed by atoms with E-state index in [0.717, 1.165) is 0 Å². The van der Waals surface area contributed by atoms with Crippen molar-refractivity contribution in [1.82, 2.24) is 0 Å². The minimum absolute atomic E-state index is 0.00199. The van der Waals surface area contributed by atoms with Crippen LogP contribution in [0.15, 0.2) is 48.5 Å². The zero-order chi connectivity index (χ0) is 15.0. The molecule has 0 saturated carbocycles. The number of carbonyl (C=O) groups excluding carboxylic acids is 1. The van der Waals surface area contributed by atoms with Crippen LogP contribution in [-0.2, 0) is 16.1 Å². The largest absolute Gasteiger partial charge is 0.461 e. The van der Waals surface area contributed by atoms with E-state index in [1.54, 1.807) is 37.3 Å². The summed E-state index contributed by atoms with van der Waals surface area (Å²) in [5, 5.41) is 0. The molecule has 0 aliphatic heterocycles. The molecule has 0 unspecified atom stereocenters. The molecular weight excluding hydrogens is 262 g/mol. The van der Waals surface area contributed by atoms with Crippen LogP contribution >= 0.6 is 0 Å². The minimum atomic E-state index is -0.404. The van der Waals surface area contributed by atoms with E-state index in [-0.39, 0.29) is 18.2 Å². The third kappa shape index (κ3) is 5.61. The second kappa shape index (κ2) is 8.04. The van der Waals surface area contributed by atoms with E-state index in [1.165, 1.54) is 19.1 Å². The van der Waals surface area contributed by atoms with Crippen molar-refractivity contribution in [1.29, 1.82) is 0 Å². The van der Waals surface area contributed by atoms with Crippen molar-refractivity contribution in [3.8, 4) is 0 Å². The second-order valence-corrected chi connectivity index (χ2v) is 4.12. The van der Waals surface area contributed by atoms with E-state index in [0.29, 0.717) is 11.1 Å². The first kappa shape index (κ1) is 15.8. The predicted molar refractivity (Wildman–Crippen MR) is 73.0 cm³/mol. The quantitative estimate of drug-likeness (QED) is 0.775. The van der Waals surface area contributed by atoms with Gasteiger partial charge in [-0.1, -0.05) is 36.4 Å². The Labute approximate surface area is 117 Å². The van der Waals surface area contributed by atoms with Crippen molar-refractivity contribution < 1.29 is 18.3 Å². The first-order valence-corrected chi connectivity index (χ1v) is 6.08. The molecule has 0 saturated heterocycles. The molecule has 0 radical (unpaired) electrons. The number of benzene rings is 2. The highest BCUT2D eigenvalue weighted by atomic mass is 19.1. The Morgan fingerprint density at radius 1 is 1.00 bits per heavy atom. The summed E-state index contributed by atoms with van der Waals surface area (Å²) in [5.74, 6) is -0.885. The van der Waals surface area contributed by atoms with Crippen LogP contribution in [0.4, 0.5) is 8.78 Å². The van der Waals surface area contributed by atoms with Crippen LogP contribution in [0, 0.1) is 18.6 Å². The average molecular weight is 278 g/mol. The van der Waals surface area contributed by atoms with Gasteiger partial charge in [0.15, 0.2) is 0 Å². The SMILES string of the molecule is CC(=O)OCc1ccccc1F.Cc1ccccc1F. The van der Waals surface area contributed by atoms with Crippen LogP contribution in [-0.4, -0.2) is 5.97 Å². The van der Waals surface area contributed by atoms with Gasteiger partial charge in [-0.15, -0.1) is 0 Å². The first-order chi connectivity index (χ1) is 9.50. The van der Waals surface area contributed by atoms with Crippen molar-refractivity contribution in [2.24, 2.45) is 0 Å². The molecule has 0 aliphatic rings. The Balaban J connectivity index is 0.000000217. The lowest BCUT2D eigenvalue weighted by Crippen LogP contribution is -2.00. The third-order valence-corrected chi connectivity index (χ3v) is 2.47. The standard InChI is InChI=1S/C9H9FO2.C7H7F/c1-7(11)12-6-8-4-2-3-5-9(8)10;1-6-4-2-3-5-7(6)8/h2-5H,6H2,1H3;2-5H,1H3. The maximum absolute atomic E-state index is 12.8. The summed E-state index contributed by atoms with van der Waals surface area (Å²) in [6.45, 7) is 3.04. The number of halogens is 2. The molecule has 0 aromatic heterocycles. The monoisotopic (exact) mass is 278 g/mol. The summed E-state index contributed by atoms with van der Waals surface area (Å²) in [4.78, 5) is 10.4. The van der Waals surface area contributed by atoms with Crippen molar-refractivity contribution in [2.45, 2.75) is 20.5 Å². The van der Waals surface area contributed by atoms with Gasteiger partial charge in [-0.25, -0.2) is 8.78 Å². The van der Waals surface area contributed by atoms with E-state index in [9.17, 15) is 13.6 Å². The van der Waals surface area contributed by atoms with Crippen LogP contribution in [0.2, 0.25) is 0 Å². The zero-order valence-corrected chi connectivity index (χ0v) is 11.4. The van der Waals surface area contributed by atoms with Gasteiger partial charge in [-0.2, -0.15) is 0 Å². The van der Waals surface area contributed by atoms with Crippen LogP contribution in [0.5, 0.6) is 0 Å². The van der Waals surface area contributed by atoms with E-state index < -0.39 is 5.97 Å². The van der Waals surface area contributed by atoms with Crippen molar-refractivity contribution in [2.75, 3.05) is 0 Å². The fourth-order valence-electron chi connectivity index (χ4n) is 1.35. The van der Waals surface area contributed by atoms with E-state index in [4.69, 9.17) is 0 Å². The van der Waals surface area contributed by atoms with Crippen molar-refractivity contribution in [3.63, 3.8) is 0 Å². The van der Waals surface area contributed by atoms with Crippen molar-refractivity contribution >= 4 is 5.97 Å². The van der Waals surface area contributed by atoms with Crippen LogP contribution < -0.4 is 0 Å². The molecule has 0 fully saturated rings. The normalized spacial score (nSPS) is 9.40. The van der Waals surface area contributed by atoms with Gasteiger partial charge in [-0.05, 0) is 24.6 Å². The number of ether oxygens (including phenoxy) is 1. The summed E-state index contributed by atoms with van der Waals surface area (Å²) in [6.07, 6.45) is 0. The Kier molecular flexibility index (Phi) is 6.37. The molecule has 20 heavy (non-hydrogen) atoms. The van der Waals surface area contributed by atoms with Gasteiger partial charge in [-0.3, -0.25) is 4.79 Å². The number of carbonyl (C=O) groups is 1. The van der Waals surface area contributed by atoms with E-state index in [1.807, 2.05) is 6.07 Å². The topological polar surface area (TPSA) is 26.3 Å². The lowest BCUT2D eigenvalue weighted by atomic mass is 10.2. The molecule has 2 nitrogen and oxygen atoms in total. The molecule has 0 atom stereocenters. The summed E-state index contributed by atoms with van der Waals surface area (Å²) in [6, 6.07) is 12.9. The van der Waals surface area contributed by atoms with Gasteiger partial charge in [0.1, 0.15) is 18.2 Å². The number of esters is 1. The molecule has 106 valence electrons. The van der Waals surface area contributed by atoms with Crippen LogP contribution in [0.3, 0.4) is 0 Å². The van der Waals surface area contributed by atoms with Crippen LogP contribution in [0.25, 0.3) is 0 Å². The molecule has 0 heterocycles. The van der Waals surface area contributed by atoms with E-state index >= 15 is 0 Å². The second-order valence-electron chi connectivity index (χ2n) is 4.12. The lowest BCUT2D eigenvalue weighted by Gasteiger charge is -2.02. The number of rotatable bonds is 2. The zero-order valence-electron chi connectivity index (χ0n) is 11.4. The Morgan fingerprint density at radius 3 is 2.00 bits per heavy atom. The minimum Gasteiger partial charge on any atom is -0.461 e. The molecule has 2 aromatic rings. The Morgan fingerprint density at radius 2 is 1.55 bits per heavy atom. The average Bonchev–Trinajstić information content (AvgIpc) is 2.42.